The maximum absolute atomic E-state index is 11.7. The van der Waals surface area contributed by atoms with Gasteiger partial charge >= 0.3 is 5.69 Å². The predicted octanol–water partition coefficient (Wildman–Crippen LogP) is 3.09. The highest BCUT2D eigenvalue weighted by Gasteiger charge is 2.16. The number of carbonyl (C=O) groups is 1. The van der Waals surface area contributed by atoms with Gasteiger partial charge in [-0.2, -0.15) is 5.10 Å². The molecule has 0 bridgehead atoms. The molecule has 2 aromatic carbocycles. The van der Waals surface area contributed by atoms with Crippen LogP contribution < -0.4 is 10.2 Å². The quantitative estimate of drug-likeness (QED) is 0.493. The first-order chi connectivity index (χ1) is 11.5. The SMILES string of the molecule is Cc1ccc(OCC(=O)N/N=C\c2ccccc2Cl)c([N+](=O)[O-])c1. The molecule has 8 heteroatoms. The van der Waals surface area contributed by atoms with Crippen molar-refractivity contribution >= 4 is 29.4 Å². The van der Waals surface area contributed by atoms with Crippen LogP contribution >= 0.6 is 11.6 Å². The number of nitro benzene ring substituents is 1. The largest absolute Gasteiger partial charge is 0.477 e. The fourth-order valence-corrected chi connectivity index (χ4v) is 2.01. The number of hydrogen-bond donors (Lipinski definition) is 1. The number of nitrogens with zero attached hydrogens (tertiary/aromatic N) is 2. The van der Waals surface area contributed by atoms with E-state index in [1.165, 1.54) is 18.3 Å². The number of nitrogens with one attached hydrogen (secondary N) is 1. The fourth-order valence-electron chi connectivity index (χ4n) is 1.82. The molecule has 0 aromatic heterocycles. The van der Waals surface area contributed by atoms with Gasteiger partial charge in [0.1, 0.15) is 0 Å². The van der Waals surface area contributed by atoms with E-state index in [9.17, 15) is 14.9 Å². The highest BCUT2D eigenvalue weighted by molar-refractivity contribution is 6.33. The molecule has 7 nitrogen and oxygen atoms in total. The van der Waals surface area contributed by atoms with Crippen molar-refractivity contribution in [3.8, 4) is 5.75 Å². The Morgan fingerprint density at radius 2 is 2.12 bits per heavy atom. The van der Waals surface area contributed by atoms with E-state index in [0.717, 1.165) is 5.56 Å². The van der Waals surface area contributed by atoms with Crippen molar-refractivity contribution in [2.24, 2.45) is 5.10 Å². The molecular weight excluding hydrogens is 334 g/mol. The van der Waals surface area contributed by atoms with Gasteiger partial charge in [-0.3, -0.25) is 14.9 Å². The summed E-state index contributed by atoms with van der Waals surface area (Å²) in [5, 5.41) is 15.2. The van der Waals surface area contributed by atoms with E-state index >= 15 is 0 Å². The minimum atomic E-state index is -0.560. The van der Waals surface area contributed by atoms with Crippen LogP contribution in [0, 0.1) is 17.0 Å². The van der Waals surface area contributed by atoms with E-state index < -0.39 is 17.4 Å². The number of rotatable bonds is 6. The van der Waals surface area contributed by atoms with Crippen LogP contribution in [0.3, 0.4) is 0 Å². The summed E-state index contributed by atoms with van der Waals surface area (Å²) >= 11 is 5.95. The van der Waals surface area contributed by atoms with E-state index in [4.69, 9.17) is 16.3 Å². The highest BCUT2D eigenvalue weighted by atomic mass is 35.5. The van der Waals surface area contributed by atoms with Crippen LogP contribution in [0.2, 0.25) is 5.02 Å². The Morgan fingerprint density at radius 1 is 1.38 bits per heavy atom. The molecule has 2 rings (SSSR count). The zero-order valence-electron chi connectivity index (χ0n) is 12.7. The van der Waals surface area contributed by atoms with Gasteiger partial charge in [0.25, 0.3) is 5.91 Å². The molecule has 0 aliphatic heterocycles. The van der Waals surface area contributed by atoms with Gasteiger partial charge in [-0.15, -0.1) is 0 Å². The zero-order valence-corrected chi connectivity index (χ0v) is 13.5. The lowest BCUT2D eigenvalue weighted by Gasteiger charge is -2.06. The Balaban J connectivity index is 1.92. The number of carbonyl (C=O) groups excluding carboxylic acids is 1. The third kappa shape index (κ3) is 4.79. The van der Waals surface area contributed by atoms with Gasteiger partial charge in [0.2, 0.25) is 0 Å². The Morgan fingerprint density at radius 3 is 2.83 bits per heavy atom. The minimum absolute atomic E-state index is 0.0239. The number of aryl methyl sites for hydroxylation is 1. The lowest BCUT2D eigenvalue weighted by atomic mass is 10.2. The summed E-state index contributed by atoms with van der Waals surface area (Å²) in [6.45, 7) is 1.33. The Bertz CT molecular complexity index is 793. The van der Waals surface area contributed by atoms with E-state index in [-0.39, 0.29) is 11.4 Å². The molecule has 0 saturated carbocycles. The summed E-state index contributed by atoms with van der Waals surface area (Å²) in [4.78, 5) is 22.1. The molecule has 24 heavy (non-hydrogen) atoms. The molecule has 1 N–H and O–H groups in total. The Hall–Kier alpha value is -2.93. The average Bonchev–Trinajstić information content (AvgIpc) is 2.55. The number of benzene rings is 2. The van der Waals surface area contributed by atoms with E-state index in [1.54, 1.807) is 37.3 Å². The van der Waals surface area contributed by atoms with Gasteiger partial charge in [0, 0.05) is 16.7 Å². The number of hydrazone groups is 1. The van der Waals surface area contributed by atoms with Crippen LogP contribution in [-0.2, 0) is 4.79 Å². The second-order valence-corrected chi connectivity index (χ2v) is 5.24. The summed E-state index contributed by atoms with van der Waals surface area (Å²) in [7, 11) is 0. The molecule has 0 heterocycles. The smallest absolute Gasteiger partial charge is 0.311 e. The van der Waals surface area contributed by atoms with Crippen molar-refractivity contribution in [3.63, 3.8) is 0 Å². The molecule has 0 fully saturated rings. The molecule has 124 valence electrons. The first kappa shape index (κ1) is 17.4. The number of ether oxygens (including phenoxy) is 1. The van der Waals surface area contributed by atoms with Gasteiger partial charge in [-0.05, 0) is 24.6 Å². The molecule has 2 aromatic rings. The van der Waals surface area contributed by atoms with E-state index in [2.05, 4.69) is 10.5 Å². The van der Waals surface area contributed by atoms with Gasteiger partial charge < -0.3 is 4.74 Å². The topological polar surface area (TPSA) is 93.8 Å². The lowest BCUT2D eigenvalue weighted by molar-refractivity contribution is -0.385. The van der Waals surface area contributed by atoms with E-state index in [0.29, 0.717) is 10.6 Å². The van der Waals surface area contributed by atoms with Crippen molar-refractivity contribution < 1.29 is 14.5 Å². The zero-order chi connectivity index (χ0) is 17.5. The maximum atomic E-state index is 11.7. The molecule has 1 amide bonds. The standard InChI is InChI=1S/C16H14ClN3O4/c1-11-6-7-15(14(8-11)20(22)23)24-10-16(21)19-18-9-12-4-2-3-5-13(12)17/h2-9H,10H2,1H3,(H,19,21)/b18-9-. The molecule has 0 aliphatic carbocycles. The summed E-state index contributed by atoms with van der Waals surface area (Å²) in [5.41, 5.74) is 3.45. The molecular formula is C16H14ClN3O4. The molecule has 0 saturated heterocycles. The third-order valence-electron chi connectivity index (χ3n) is 2.97. The molecule has 0 unspecified atom stereocenters. The summed E-state index contributed by atoms with van der Waals surface area (Å²) in [5.74, 6) is -0.524. The minimum Gasteiger partial charge on any atom is -0.477 e. The van der Waals surface area contributed by atoms with Crippen LogP contribution in [0.25, 0.3) is 0 Å². The maximum Gasteiger partial charge on any atom is 0.311 e. The molecule has 0 aliphatic rings. The monoisotopic (exact) mass is 347 g/mol. The highest BCUT2D eigenvalue weighted by Crippen LogP contribution is 2.27. The van der Waals surface area contributed by atoms with Crippen molar-refractivity contribution in [2.75, 3.05) is 6.61 Å². The third-order valence-corrected chi connectivity index (χ3v) is 3.31. The van der Waals surface area contributed by atoms with Gasteiger partial charge in [-0.25, -0.2) is 5.43 Å². The van der Waals surface area contributed by atoms with Gasteiger partial charge in [0.05, 0.1) is 11.1 Å². The molecule has 0 atom stereocenters. The van der Waals surface area contributed by atoms with Crippen LogP contribution in [-0.4, -0.2) is 23.7 Å². The van der Waals surface area contributed by atoms with Crippen LogP contribution in [0.15, 0.2) is 47.6 Å². The predicted molar refractivity (Wildman–Crippen MR) is 90.5 cm³/mol. The number of amides is 1. The number of nitro groups is 1. The second kappa shape index (κ2) is 8.07. The second-order valence-electron chi connectivity index (χ2n) is 4.83. The van der Waals surface area contributed by atoms with Gasteiger partial charge in [-0.1, -0.05) is 35.9 Å². The average molecular weight is 348 g/mol. The van der Waals surface area contributed by atoms with Crippen molar-refractivity contribution in [1.29, 1.82) is 0 Å². The van der Waals surface area contributed by atoms with Crippen LogP contribution in [0.4, 0.5) is 5.69 Å². The Labute approximate surface area is 143 Å². The van der Waals surface area contributed by atoms with Crippen molar-refractivity contribution in [1.82, 2.24) is 5.43 Å². The number of halogens is 1. The first-order valence-corrected chi connectivity index (χ1v) is 7.29. The molecule has 0 radical (unpaired) electrons. The van der Waals surface area contributed by atoms with E-state index in [1.807, 2.05) is 0 Å². The normalized spacial score (nSPS) is 10.6. The van der Waals surface area contributed by atoms with Crippen molar-refractivity contribution in [2.45, 2.75) is 6.92 Å². The fraction of sp³-hybridized carbons (Fsp3) is 0.125. The number of hydrogen-bond acceptors (Lipinski definition) is 5. The lowest BCUT2D eigenvalue weighted by Crippen LogP contribution is -2.24. The van der Waals surface area contributed by atoms with Crippen LogP contribution in [0.5, 0.6) is 5.75 Å². The summed E-state index contributed by atoms with van der Waals surface area (Å²) < 4.78 is 5.19. The molecule has 0 spiro atoms. The summed E-state index contributed by atoms with van der Waals surface area (Å²) in [6, 6.07) is 11.5. The van der Waals surface area contributed by atoms with Crippen LogP contribution in [0.1, 0.15) is 11.1 Å². The Kier molecular flexibility index (Phi) is 5.86. The first-order valence-electron chi connectivity index (χ1n) is 6.91. The van der Waals surface area contributed by atoms with Gasteiger partial charge in [0.15, 0.2) is 12.4 Å². The summed E-state index contributed by atoms with van der Waals surface area (Å²) in [6.07, 6.45) is 1.40. The van der Waals surface area contributed by atoms with Crippen molar-refractivity contribution in [3.05, 3.63) is 68.7 Å².